The number of thiol groups is 1. The summed E-state index contributed by atoms with van der Waals surface area (Å²) in [6.07, 6.45) is 12.5. The predicted molar refractivity (Wildman–Crippen MR) is 261 cm³/mol. The number of thioether (sulfide) groups is 1. The van der Waals surface area contributed by atoms with E-state index in [0.29, 0.717) is 35.7 Å². The van der Waals surface area contributed by atoms with Gasteiger partial charge in [-0.05, 0) is 135 Å². The summed E-state index contributed by atoms with van der Waals surface area (Å²) in [5.41, 5.74) is 8.69. The number of aryl methyl sites for hydroxylation is 2. The zero-order valence-corrected chi connectivity index (χ0v) is 38.5. The molecule has 2 unspecified atom stereocenters. The monoisotopic (exact) mass is 818 g/mol. The van der Waals surface area contributed by atoms with Crippen molar-refractivity contribution < 1.29 is 9.59 Å². The number of ketones is 2. The van der Waals surface area contributed by atoms with Gasteiger partial charge >= 0.3 is 0 Å². The fourth-order valence-electron chi connectivity index (χ4n) is 8.08. The normalized spacial score (nSPS) is 19.1. The number of nitrogens with zero attached hydrogens (tertiary/aromatic N) is 2. The summed E-state index contributed by atoms with van der Waals surface area (Å²) >= 11 is 6.28. The van der Waals surface area contributed by atoms with Crippen LogP contribution in [0.25, 0.3) is 21.5 Å². The molecule has 0 aliphatic heterocycles. The van der Waals surface area contributed by atoms with Crippen LogP contribution in [0.3, 0.4) is 0 Å². The first-order valence-corrected chi connectivity index (χ1v) is 23.0. The van der Waals surface area contributed by atoms with Crippen LogP contribution in [-0.4, -0.2) is 56.5 Å². The molecular weight excluding hydrogens is 749 g/mol. The molecule has 0 spiro atoms. The van der Waals surface area contributed by atoms with Crippen molar-refractivity contribution >= 4 is 68.9 Å². The van der Waals surface area contributed by atoms with Gasteiger partial charge in [-0.1, -0.05) is 98.0 Å². The molecule has 0 heterocycles. The third kappa shape index (κ3) is 13.1. The highest BCUT2D eigenvalue weighted by Crippen LogP contribution is 2.38. The molecule has 6 rings (SSSR count). The summed E-state index contributed by atoms with van der Waals surface area (Å²) in [7, 11) is 8.41. The van der Waals surface area contributed by atoms with E-state index in [-0.39, 0.29) is 11.7 Å². The van der Waals surface area contributed by atoms with Gasteiger partial charge in [0.25, 0.3) is 0 Å². The summed E-state index contributed by atoms with van der Waals surface area (Å²) in [4.78, 5) is 27.9. The van der Waals surface area contributed by atoms with Crippen LogP contribution in [0.1, 0.15) is 90.2 Å². The van der Waals surface area contributed by atoms with Crippen molar-refractivity contribution in [3.8, 4) is 0 Å². The van der Waals surface area contributed by atoms with Crippen molar-refractivity contribution in [1.29, 1.82) is 0 Å². The summed E-state index contributed by atoms with van der Waals surface area (Å²) in [6.45, 7) is 16.0. The van der Waals surface area contributed by atoms with E-state index < -0.39 is 0 Å². The Morgan fingerprint density at radius 2 is 1.21 bits per heavy atom. The number of carbonyl (C=O) groups is 2. The number of allylic oxidation sites excluding steroid dienone is 4. The molecule has 0 saturated heterocycles. The molecule has 0 aromatic heterocycles. The molecule has 2 aliphatic carbocycles. The minimum atomic E-state index is 0.193. The molecule has 4 nitrogen and oxygen atoms in total. The third-order valence-corrected chi connectivity index (χ3v) is 13.8. The summed E-state index contributed by atoms with van der Waals surface area (Å²) in [6, 6.07) is 26.5. The van der Waals surface area contributed by atoms with E-state index >= 15 is 0 Å². The van der Waals surface area contributed by atoms with Gasteiger partial charge in [-0.25, -0.2) is 0 Å². The highest BCUT2D eigenvalue weighted by molar-refractivity contribution is 7.99. The first kappa shape index (κ1) is 46.9. The van der Waals surface area contributed by atoms with Crippen LogP contribution in [0.4, 0.5) is 11.4 Å². The smallest absolute Gasteiger partial charge is 0.158 e. The molecule has 4 atom stereocenters. The standard InChI is InChI=1S/C26H35NOS.C16H21NS.C10H14O/c1-18(2)21-16-25(28)19(3)26(17-21)29-15-7-6-10-20-11-8-13-23-22(20)12-9-14-24(23)27(4)5;1-17(2)16-11-6-9-14-13(7-3-4-12-18)8-5-10-15(14)16;1-7(2)9-5-4-8(3)10(11)6-9/h8-9,11-14,19,21,26H,1,6-7,10,15-17H2,2-5H3;5-6,8-11,18H,3-4,7,12H2,1-2H3;4,9H,1,5-6H2,2-3H3/t19?,21-,26?;;9-/m0.1/s1. The van der Waals surface area contributed by atoms with Crippen LogP contribution >= 0.6 is 24.4 Å². The van der Waals surface area contributed by atoms with Crippen molar-refractivity contribution in [2.45, 2.75) is 97.2 Å². The molecule has 2 aliphatic rings. The van der Waals surface area contributed by atoms with Crippen LogP contribution in [0.15, 0.2) is 109 Å². The van der Waals surface area contributed by atoms with Gasteiger partial charge in [0.15, 0.2) is 5.78 Å². The van der Waals surface area contributed by atoms with Crippen molar-refractivity contribution in [2.75, 3.05) is 49.5 Å². The Morgan fingerprint density at radius 1 is 0.707 bits per heavy atom. The maximum absolute atomic E-state index is 12.3. The zero-order valence-electron chi connectivity index (χ0n) is 36.8. The quantitative estimate of drug-likeness (QED) is 0.0780. The van der Waals surface area contributed by atoms with Crippen molar-refractivity contribution in [2.24, 2.45) is 17.8 Å². The number of unbranched alkanes of at least 4 members (excludes halogenated alkanes) is 2. The van der Waals surface area contributed by atoms with Crippen LogP contribution in [0.5, 0.6) is 0 Å². The number of rotatable bonds is 14. The lowest BCUT2D eigenvalue weighted by atomic mass is 9.79. The average Bonchev–Trinajstić information content (AvgIpc) is 3.20. The Labute approximate surface area is 361 Å². The van der Waals surface area contributed by atoms with Crippen LogP contribution in [0, 0.1) is 17.8 Å². The minimum absolute atomic E-state index is 0.193. The number of Topliss-reactive ketones (excluding diaryl/α,β-unsaturated/α-hetero) is 2. The van der Waals surface area contributed by atoms with Gasteiger partial charge in [0.05, 0.1) is 0 Å². The molecule has 0 N–H and O–H groups in total. The van der Waals surface area contributed by atoms with Crippen LogP contribution in [0.2, 0.25) is 0 Å². The number of carbonyl (C=O) groups excluding carboxylic acids is 2. The zero-order chi connectivity index (χ0) is 42.4. The second-order valence-electron chi connectivity index (χ2n) is 16.9. The molecule has 0 radical (unpaired) electrons. The lowest BCUT2D eigenvalue weighted by molar-refractivity contribution is -0.124. The van der Waals surface area contributed by atoms with Gasteiger partial charge in [0.2, 0.25) is 0 Å². The first-order valence-electron chi connectivity index (χ1n) is 21.3. The van der Waals surface area contributed by atoms with Gasteiger partial charge in [-0.15, -0.1) is 0 Å². The third-order valence-electron chi connectivity index (χ3n) is 12.0. The summed E-state index contributed by atoms with van der Waals surface area (Å²) in [5.74, 6) is 3.80. The Morgan fingerprint density at radius 3 is 1.69 bits per heavy atom. The van der Waals surface area contributed by atoms with E-state index in [4.69, 9.17) is 0 Å². The van der Waals surface area contributed by atoms with Gasteiger partial charge in [0, 0.05) is 74.3 Å². The molecule has 312 valence electrons. The maximum atomic E-state index is 12.3. The number of hydrogen-bond acceptors (Lipinski definition) is 6. The van der Waals surface area contributed by atoms with Crippen LogP contribution < -0.4 is 9.80 Å². The van der Waals surface area contributed by atoms with E-state index in [1.807, 2.05) is 31.7 Å². The van der Waals surface area contributed by atoms with Crippen molar-refractivity contribution in [3.63, 3.8) is 0 Å². The molecule has 0 amide bonds. The highest BCUT2D eigenvalue weighted by Gasteiger charge is 2.34. The lowest BCUT2D eigenvalue weighted by Crippen LogP contribution is -2.33. The Hall–Kier alpha value is -3.74. The summed E-state index contributed by atoms with van der Waals surface area (Å²) < 4.78 is 0. The van der Waals surface area contributed by atoms with Gasteiger partial charge in [0.1, 0.15) is 5.78 Å². The minimum Gasteiger partial charge on any atom is -0.377 e. The van der Waals surface area contributed by atoms with E-state index in [2.05, 4.69) is 150 Å². The molecule has 6 heteroatoms. The Kier molecular flexibility index (Phi) is 18.7. The topological polar surface area (TPSA) is 40.6 Å². The van der Waals surface area contributed by atoms with Gasteiger partial charge in [-0.3, -0.25) is 9.59 Å². The molecule has 4 aromatic rings. The fourth-order valence-corrected chi connectivity index (χ4v) is 9.79. The van der Waals surface area contributed by atoms with E-state index in [1.54, 1.807) is 0 Å². The number of benzene rings is 4. The van der Waals surface area contributed by atoms with E-state index in [9.17, 15) is 9.59 Å². The summed E-state index contributed by atoms with van der Waals surface area (Å²) in [5, 5.41) is 5.92. The van der Waals surface area contributed by atoms with Crippen molar-refractivity contribution in [3.05, 3.63) is 120 Å². The Balaban J connectivity index is 0.000000217. The molecular formula is C52H70N2O2S2. The number of fused-ring (bicyclic) bond motifs is 2. The highest BCUT2D eigenvalue weighted by atomic mass is 32.2. The molecule has 1 saturated carbocycles. The van der Waals surface area contributed by atoms with E-state index in [0.717, 1.165) is 48.3 Å². The van der Waals surface area contributed by atoms with Gasteiger partial charge in [-0.2, -0.15) is 24.4 Å². The SMILES string of the molecule is C=C(C)[C@@H]1CC=C(C)C(=O)C1.C=C(C)[C@H]1CC(=O)C(C)C(SCCCCc2cccc3c(N(C)C)cccc23)C1.CN(C)c1cccc2c(CCCCS)cccc12. The first-order chi connectivity index (χ1) is 27.7. The number of hydrogen-bond donors (Lipinski definition) is 1. The fraction of sp³-hybridized carbons (Fsp3) is 0.462. The second-order valence-corrected chi connectivity index (χ2v) is 18.7. The largest absolute Gasteiger partial charge is 0.377 e. The van der Waals surface area contributed by atoms with E-state index in [1.165, 1.54) is 75.3 Å². The second kappa shape index (κ2) is 23.2. The molecule has 0 bridgehead atoms. The maximum Gasteiger partial charge on any atom is 0.158 e. The molecule has 1 fully saturated rings. The molecule has 4 aromatic carbocycles. The number of anilines is 2. The average molecular weight is 819 g/mol. The predicted octanol–water partition coefficient (Wildman–Crippen LogP) is 13.2. The Bertz CT molecular complexity index is 2050. The van der Waals surface area contributed by atoms with Crippen LogP contribution in [-0.2, 0) is 22.4 Å². The van der Waals surface area contributed by atoms with Crippen molar-refractivity contribution in [1.82, 2.24) is 0 Å². The van der Waals surface area contributed by atoms with Gasteiger partial charge < -0.3 is 9.80 Å². The molecule has 58 heavy (non-hydrogen) atoms. The lowest BCUT2D eigenvalue weighted by Gasteiger charge is -2.33.